The Bertz CT molecular complexity index is 125. The van der Waals surface area contributed by atoms with Gasteiger partial charge in [-0.2, -0.15) is 0 Å². The zero-order valence-electron chi connectivity index (χ0n) is 7.77. The first-order valence-electron chi connectivity index (χ1n) is 3.99. The standard InChI is InChI=1S/C8H18N2O/c1-6(9-4)5-10-7(2)8(3)11/h6-7,9-10H,5H2,1-4H3. The Morgan fingerprint density at radius 1 is 1.45 bits per heavy atom. The van der Waals surface area contributed by atoms with Crippen molar-refractivity contribution < 1.29 is 4.79 Å². The van der Waals surface area contributed by atoms with Gasteiger partial charge in [0.1, 0.15) is 5.78 Å². The Hall–Kier alpha value is -0.410. The SMILES string of the molecule is CNC(C)CNC(C)C(C)=O. The normalized spacial score (nSPS) is 16.0. The van der Waals surface area contributed by atoms with E-state index in [0.29, 0.717) is 6.04 Å². The van der Waals surface area contributed by atoms with Gasteiger partial charge in [-0.05, 0) is 27.8 Å². The Morgan fingerprint density at radius 2 is 2.00 bits per heavy atom. The van der Waals surface area contributed by atoms with Crippen LogP contribution in [0.25, 0.3) is 0 Å². The molecular weight excluding hydrogens is 140 g/mol. The molecule has 0 saturated carbocycles. The minimum absolute atomic E-state index is 0.0224. The van der Waals surface area contributed by atoms with Gasteiger partial charge in [-0.3, -0.25) is 4.79 Å². The van der Waals surface area contributed by atoms with Gasteiger partial charge in [0.05, 0.1) is 6.04 Å². The Kier molecular flexibility index (Phi) is 5.07. The van der Waals surface area contributed by atoms with E-state index in [9.17, 15) is 4.79 Å². The minimum Gasteiger partial charge on any atom is -0.316 e. The minimum atomic E-state index is -0.0224. The van der Waals surface area contributed by atoms with Crippen LogP contribution in [0, 0.1) is 0 Å². The van der Waals surface area contributed by atoms with Gasteiger partial charge in [0.25, 0.3) is 0 Å². The summed E-state index contributed by atoms with van der Waals surface area (Å²) in [4.78, 5) is 10.8. The van der Waals surface area contributed by atoms with Crippen LogP contribution in [0.4, 0.5) is 0 Å². The van der Waals surface area contributed by atoms with Crippen molar-refractivity contribution in [1.82, 2.24) is 10.6 Å². The Balaban J connectivity index is 3.45. The molecule has 0 fully saturated rings. The van der Waals surface area contributed by atoms with Crippen LogP contribution < -0.4 is 10.6 Å². The second-order valence-electron chi connectivity index (χ2n) is 2.93. The third-order valence-corrected chi connectivity index (χ3v) is 1.83. The number of likely N-dealkylation sites (N-methyl/N-ethyl adjacent to an activating group) is 1. The molecule has 0 rings (SSSR count). The van der Waals surface area contributed by atoms with Crippen LogP contribution in [0.3, 0.4) is 0 Å². The van der Waals surface area contributed by atoms with Crippen LogP contribution >= 0.6 is 0 Å². The first-order valence-corrected chi connectivity index (χ1v) is 3.99. The number of ketones is 1. The lowest BCUT2D eigenvalue weighted by Crippen LogP contribution is -2.41. The van der Waals surface area contributed by atoms with Crippen LogP contribution in [0.2, 0.25) is 0 Å². The fourth-order valence-corrected chi connectivity index (χ4v) is 0.599. The van der Waals surface area contributed by atoms with E-state index in [4.69, 9.17) is 0 Å². The highest BCUT2D eigenvalue weighted by atomic mass is 16.1. The number of carbonyl (C=O) groups is 1. The van der Waals surface area contributed by atoms with E-state index in [-0.39, 0.29) is 11.8 Å². The predicted molar refractivity (Wildman–Crippen MR) is 46.7 cm³/mol. The summed E-state index contributed by atoms with van der Waals surface area (Å²) in [6.07, 6.45) is 0. The molecule has 2 N–H and O–H groups in total. The molecule has 0 aliphatic carbocycles. The molecule has 0 aliphatic heterocycles. The molecule has 0 radical (unpaired) electrons. The van der Waals surface area contributed by atoms with Gasteiger partial charge in [-0.25, -0.2) is 0 Å². The van der Waals surface area contributed by atoms with E-state index in [1.165, 1.54) is 0 Å². The van der Waals surface area contributed by atoms with Crippen molar-refractivity contribution in [2.24, 2.45) is 0 Å². The van der Waals surface area contributed by atoms with Crippen molar-refractivity contribution in [2.45, 2.75) is 32.9 Å². The number of rotatable bonds is 5. The van der Waals surface area contributed by atoms with Gasteiger partial charge in [-0.15, -0.1) is 0 Å². The van der Waals surface area contributed by atoms with E-state index in [0.717, 1.165) is 6.54 Å². The largest absolute Gasteiger partial charge is 0.316 e. The summed E-state index contributed by atoms with van der Waals surface area (Å²) in [5, 5.41) is 6.21. The zero-order chi connectivity index (χ0) is 8.85. The molecule has 3 nitrogen and oxygen atoms in total. The first-order chi connectivity index (χ1) is 5.07. The zero-order valence-corrected chi connectivity index (χ0v) is 7.77. The van der Waals surface area contributed by atoms with E-state index in [1.54, 1.807) is 6.92 Å². The van der Waals surface area contributed by atoms with Crippen molar-refractivity contribution in [3.05, 3.63) is 0 Å². The maximum atomic E-state index is 10.8. The summed E-state index contributed by atoms with van der Waals surface area (Å²) in [5.41, 5.74) is 0. The molecule has 0 aromatic heterocycles. The van der Waals surface area contributed by atoms with E-state index in [1.807, 2.05) is 14.0 Å². The summed E-state index contributed by atoms with van der Waals surface area (Å²) >= 11 is 0. The average Bonchev–Trinajstić information content (AvgIpc) is 1.99. The molecule has 0 aliphatic rings. The Labute approximate surface area is 68.6 Å². The van der Waals surface area contributed by atoms with Crippen molar-refractivity contribution in [1.29, 1.82) is 0 Å². The van der Waals surface area contributed by atoms with Crippen molar-refractivity contribution in [2.75, 3.05) is 13.6 Å². The summed E-state index contributed by atoms with van der Waals surface area (Å²) in [7, 11) is 1.91. The highest BCUT2D eigenvalue weighted by Crippen LogP contribution is 1.84. The number of hydrogen-bond acceptors (Lipinski definition) is 3. The second-order valence-corrected chi connectivity index (χ2v) is 2.93. The molecule has 11 heavy (non-hydrogen) atoms. The number of carbonyl (C=O) groups excluding carboxylic acids is 1. The molecule has 0 aromatic carbocycles. The maximum Gasteiger partial charge on any atom is 0.146 e. The molecule has 2 atom stereocenters. The monoisotopic (exact) mass is 158 g/mol. The van der Waals surface area contributed by atoms with E-state index in [2.05, 4.69) is 17.6 Å². The van der Waals surface area contributed by atoms with E-state index < -0.39 is 0 Å². The van der Waals surface area contributed by atoms with Gasteiger partial charge >= 0.3 is 0 Å². The van der Waals surface area contributed by atoms with Gasteiger partial charge in [0.2, 0.25) is 0 Å². The van der Waals surface area contributed by atoms with Crippen LogP contribution in [0.1, 0.15) is 20.8 Å². The quantitative estimate of drug-likeness (QED) is 0.599. The van der Waals surface area contributed by atoms with Gasteiger partial charge in [0, 0.05) is 12.6 Å². The highest BCUT2D eigenvalue weighted by Gasteiger charge is 2.06. The molecule has 66 valence electrons. The van der Waals surface area contributed by atoms with Gasteiger partial charge in [0.15, 0.2) is 0 Å². The summed E-state index contributed by atoms with van der Waals surface area (Å²) < 4.78 is 0. The average molecular weight is 158 g/mol. The summed E-state index contributed by atoms with van der Waals surface area (Å²) in [5.74, 6) is 0.188. The number of Topliss-reactive ketones (excluding diaryl/α,β-unsaturated/α-hetero) is 1. The number of hydrogen-bond donors (Lipinski definition) is 2. The lowest BCUT2D eigenvalue weighted by molar-refractivity contribution is -0.118. The fourth-order valence-electron chi connectivity index (χ4n) is 0.599. The van der Waals surface area contributed by atoms with Crippen LogP contribution in [0.5, 0.6) is 0 Å². The lowest BCUT2D eigenvalue weighted by Gasteiger charge is -2.14. The summed E-state index contributed by atoms with van der Waals surface area (Å²) in [6.45, 7) is 6.38. The van der Waals surface area contributed by atoms with Crippen LogP contribution in [0.15, 0.2) is 0 Å². The second kappa shape index (κ2) is 5.27. The molecular formula is C8H18N2O. The molecule has 0 aromatic rings. The molecule has 0 bridgehead atoms. The molecule has 0 heterocycles. The molecule has 0 saturated heterocycles. The van der Waals surface area contributed by atoms with Crippen molar-refractivity contribution in [3.63, 3.8) is 0 Å². The lowest BCUT2D eigenvalue weighted by atomic mass is 10.2. The predicted octanol–water partition coefficient (Wildman–Crippen LogP) is 0.161. The van der Waals surface area contributed by atoms with Crippen LogP contribution in [-0.4, -0.2) is 31.5 Å². The van der Waals surface area contributed by atoms with E-state index >= 15 is 0 Å². The smallest absolute Gasteiger partial charge is 0.146 e. The highest BCUT2D eigenvalue weighted by molar-refractivity contribution is 5.80. The first kappa shape index (κ1) is 10.6. The third-order valence-electron chi connectivity index (χ3n) is 1.83. The number of nitrogens with one attached hydrogen (secondary N) is 2. The molecule has 2 unspecified atom stereocenters. The van der Waals surface area contributed by atoms with Crippen molar-refractivity contribution in [3.8, 4) is 0 Å². The third kappa shape index (κ3) is 4.93. The van der Waals surface area contributed by atoms with Crippen molar-refractivity contribution >= 4 is 5.78 Å². The molecule has 0 amide bonds. The molecule has 3 heteroatoms. The van der Waals surface area contributed by atoms with Gasteiger partial charge < -0.3 is 10.6 Å². The fraction of sp³-hybridized carbons (Fsp3) is 0.875. The maximum absolute atomic E-state index is 10.8. The summed E-state index contributed by atoms with van der Waals surface area (Å²) in [6, 6.07) is 0.391. The van der Waals surface area contributed by atoms with Gasteiger partial charge in [-0.1, -0.05) is 0 Å². The van der Waals surface area contributed by atoms with Crippen LogP contribution in [-0.2, 0) is 4.79 Å². The topological polar surface area (TPSA) is 41.1 Å². The molecule has 0 spiro atoms. The Morgan fingerprint density at radius 3 is 2.36 bits per heavy atom.